The third-order valence-electron chi connectivity index (χ3n) is 2.52. The second-order valence-corrected chi connectivity index (χ2v) is 4.27. The predicted octanol–water partition coefficient (Wildman–Crippen LogP) is 1.21. The van der Waals surface area contributed by atoms with Crippen molar-refractivity contribution in [2.45, 2.75) is 13.1 Å². The Kier molecular flexibility index (Phi) is 4.30. The number of hydrogen-bond donors (Lipinski definition) is 1. The van der Waals surface area contributed by atoms with Gasteiger partial charge in [-0.3, -0.25) is 9.59 Å². The molecule has 1 aromatic heterocycles. The van der Waals surface area contributed by atoms with Gasteiger partial charge >= 0.3 is 0 Å². The van der Waals surface area contributed by atoms with Gasteiger partial charge in [0.1, 0.15) is 6.54 Å². The number of hydrogen-bond acceptors (Lipinski definition) is 3. The molecular formula is C13H12ClN3O2. The molecule has 0 fully saturated rings. The van der Waals surface area contributed by atoms with Gasteiger partial charge in [-0.1, -0.05) is 41.9 Å². The van der Waals surface area contributed by atoms with Crippen molar-refractivity contribution in [2.75, 3.05) is 0 Å². The number of carbonyl (C=O) groups is 1. The minimum atomic E-state index is -0.473. The first-order valence-corrected chi connectivity index (χ1v) is 6.06. The normalized spacial score (nSPS) is 10.2. The van der Waals surface area contributed by atoms with E-state index >= 15 is 0 Å². The standard InChI is InChI=1S/C13H12ClN3O2/c14-12-13(19)17(7-6-15-12)9-11(18)16-8-10-4-2-1-3-5-10/h1-7H,8-9H2,(H,16,18). The summed E-state index contributed by atoms with van der Waals surface area (Å²) in [6, 6.07) is 9.53. The number of aromatic nitrogens is 2. The second kappa shape index (κ2) is 6.15. The summed E-state index contributed by atoms with van der Waals surface area (Å²) in [7, 11) is 0. The van der Waals surface area contributed by atoms with Gasteiger partial charge in [-0.15, -0.1) is 0 Å². The largest absolute Gasteiger partial charge is 0.350 e. The van der Waals surface area contributed by atoms with Gasteiger partial charge in [0, 0.05) is 18.9 Å². The molecule has 0 saturated heterocycles. The van der Waals surface area contributed by atoms with E-state index in [0.29, 0.717) is 6.54 Å². The molecule has 5 nitrogen and oxygen atoms in total. The quantitative estimate of drug-likeness (QED) is 0.914. The number of nitrogens with zero attached hydrogens (tertiary/aromatic N) is 2. The highest BCUT2D eigenvalue weighted by molar-refractivity contribution is 6.29. The summed E-state index contributed by atoms with van der Waals surface area (Å²) in [4.78, 5) is 26.9. The SMILES string of the molecule is O=C(Cn1ccnc(Cl)c1=O)NCc1ccccc1. The van der Waals surface area contributed by atoms with E-state index in [1.54, 1.807) is 0 Å². The van der Waals surface area contributed by atoms with E-state index in [4.69, 9.17) is 11.6 Å². The summed E-state index contributed by atoms with van der Waals surface area (Å²) >= 11 is 5.59. The number of rotatable bonds is 4. The Bertz CT molecular complexity index is 625. The van der Waals surface area contributed by atoms with Crippen molar-refractivity contribution in [3.8, 4) is 0 Å². The van der Waals surface area contributed by atoms with Gasteiger partial charge < -0.3 is 9.88 Å². The van der Waals surface area contributed by atoms with Crippen LogP contribution in [0.3, 0.4) is 0 Å². The molecule has 1 N–H and O–H groups in total. The molecule has 0 radical (unpaired) electrons. The number of halogens is 1. The lowest BCUT2D eigenvalue weighted by molar-refractivity contribution is -0.121. The van der Waals surface area contributed by atoms with Crippen LogP contribution in [0.2, 0.25) is 5.15 Å². The summed E-state index contributed by atoms with van der Waals surface area (Å²) in [6.45, 7) is 0.348. The maximum atomic E-state index is 11.7. The maximum Gasteiger partial charge on any atom is 0.288 e. The van der Waals surface area contributed by atoms with Crippen molar-refractivity contribution in [2.24, 2.45) is 0 Å². The van der Waals surface area contributed by atoms with E-state index in [9.17, 15) is 9.59 Å². The van der Waals surface area contributed by atoms with E-state index in [1.165, 1.54) is 17.0 Å². The summed E-state index contributed by atoms with van der Waals surface area (Å²) < 4.78 is 1.22. The van der Waals surface area contributed by atoms with Crippen LogP contribution in [0.4, 0.5) is 0 Å². The molecule has 6 heteroatoms. The molecule has 0 aliphatic carbocycles. The monoisotopic (exact) mass is 277 g/mol. The zero-order valence-corrected chi connectivity index (χ0v) is 10.8. The molecule has 1 aromatic carbocycles. The molecule has 0 atom stereocenters. The molecule has 0 aliphatic rings. The molecule has 98 valence electrons. The fraction of sp³-hybridized carbons (Fsp3) is 0.154. The van der Waals surface area contributed by atoms with Crippen LogP contribution in [0, 0.1) is 0 Å². The van der Waals surface area contributed by atoms with Gasteiger partial charge in [0.05, 0.1) is 0 Å². The third kappa shape index (κ3) is 3.66. The van der Waals surface area contributed by atoms with Crippen LogP contribution in [-0.4, -0.2) is 15.5 Å². The lowest BCUT2D eigenvalue weighted by Gasteiger charge is -2.07. The van der Waals surface area contributed by atoms with Crippen molar-refractivity contribution in [3.63, 3.8) is 0 Å². The van der Waals surface area contributed by atoms with E-state index < -0.39 is 5.56 Å². The van der Waals surface area contributed by atoms with E-state index in [0.717, 1.165) is 5.56 Å². The van der Waals surface area contributed by atoms with Crippen molar-refractivity contribution >= 4 is 17.5 Å². The summed E-state index contributed by atoms with van der Waals surface area (Å²) in [6.07, 6.45) is 2.81. The first kappa shape index (κ1) is 13.3. The van der Waals surface area contributed by atoms with Crippen LogP contribution < -0.4 is 10.9 Å². The van der Waals surface area contributed by atoms with Gasteiger partial charge in [-0.05, 0) is 5.56 Å². The summed E-state index contributed by atoms with van der Waals surface area (Å²) in [5, 5.41) is 2.59. The Hall–Kier alpha value is -2.14. The molecule has 0 spiro atoms. The molecule has 1 amide bonds. The Balaban J connectivity index is 1.95. The number of benzene rings is 1. The first-order valence-electron chi connectivity index (χ1n) is 5.68. The zero-order chi connectivity index (χ0) is 13.7. The molecule has 2 rings (SSSR count). The van der Waals surface area contributed by atoms with Gasteiger partial charge in [-0.25, -0.2) is 4.98 Å². The molecule has 0 aliphatic heterocycles. The second-order valence-electron chi connectivity index (χ2n) is 3.91. The van der Waals surface area contributed by atoms with Crippen LogP contribution in [0.15, 0.2) is 47.5 Å². The van der Waals surface area contributed by atoms with E-state index in [1.807, 2.05) is 30.3 Å². The molecule has 2 aromatic rings. The highest BCUT2D eigenvalue weighted by Crippen LogP contribution is 1.97. The highest BCUT2D eigenvalue weighted by Gasteiger charge is 2.06. The number of nitrogens with one attached hydrogen (secondary N) is 1. The average molecular weight is 278 g/mol. The molecule has 0 unspecified atom stereocenters. The lowest BCUT2D eigenvalue weighted by Crippen LogP contribution is -2.32. The molecule has 1 heterocycles. The summed E-state index contributed by atoms with van der Waals surface area (Å²) in [5.41, 5.74) is 0.523. The van der Waals surface area contributed by atoms with Crippen LogP contribution in [0.25, 0.3) is 0 Å². The van der Waals surface area contributed by atoms with Crippen molar-refractivity contribution in [1.29, 1.82) is 0 Å². The highest BCUT2D eigenvalue weighted by atomic mass is 35.5. The Morgan fingerprint density at radius 3 is 2.79 bits per heavy atom. The van der Waals surface area contributed by atoms with Crippen LogP contribution >= 0.6 is 11.6 Å². The maximum absolute atomic E-state index is 11.7. The predicted molar refractivity (Wildman–Crippen MR) is 71.8 cm³/mol. The topological polar surface area (TPSA) is 64.0 Å². The zero-order valence-electron chi connectivity index (χ0n) is 10.0. The lowest BCUT2D eigenvalue weighted by atomic mass is 10.2. The first-order chi connectivity index (χ1) is 9.16. The molecule has 19 heavy (non-hydrogen) atoms. The van der Waals surface area contributed by atoms with Crippen LogP contribution in [0.5, 0.6) is 0 Å². The number of amides is 1. The average Bonchev–Trinajstić information content (AvgIpc) is 2.43. The third-order valence-corrected chi connectivity index (χ3v) is 2.78. The van der Waals surface area contributed by atoms with Gasteiger partial charge in [0.2, 0.25) is 5.91 Å². The van der Waals surface area contributed by atoms with E-state index in [2.05, 4.69) is 10.3 Å². The number of carbonyl (C=O) groups excluding carboxylic acids is 1. The summed E-state index contributed by atoms with van der Waals surface area (Å²) in [5.74, 6) is -0.256. The van der Waals surface area contributed by atoms with Gasteiger partial charge in [-0.2, -0.15) is 0 Å². The minimum absolute atomic E-state index is 0.0755. The Labute approximate surface area is 114 Å². The van der Waals surface area contributed by atoms with Crippen molar-refractivity contribution < 1.29 is 4.79 Å². The molecule has 0 bridgehead atoms. The van der Waals surface area contributed by atoms with Gasteiger partial charge in [0.25, 0.3) is 5.56 Å². The smallest absolute Gasteiger partial charge is 0.288 e. The van der Waals surface area contributed by atoms with Crippen LogP contribution in [-0.2, 0) is 17.9 Å². The van der Waals surface area contributed by atoms with Crippen LogP contribution in [0.1, 0.15) is 5.56 Å². The van der Waals surface area contributed by atoms with Crippen molar-refractivity contribution in [1.82, 2.24) is 14.9 Å². The van der Waals surface area contributed by atoms with Gasteiger partial charge in [0.15, 0.2) is 5.15 Å². The Morgan fingerprint density at radius 2 is 2.05 bits per heavy atom. The minimum Gasteiger partial charge on any atom is -0.350 e. The fourth-order valence-corrected chi connectivity index (χ4v) is 1.72. The Morgan fingerprint density at radius 1 is 1.32 bits per heavy atom. The van der Waals surface area contributed by atoms with Crippen molar-refractivity contribution in [3.05, 3.63) is 63.8 Å². The van der Waals surface area contributed by atoms with E-state index in [-0.39, 0.29) is 17.6 Å². The molecular weight excluding hydrogens is 266 g/mol. The fourth-order valence-electron chi connectivity index (χ4n) is 1.55. The molecule has 0 saturated carbocycles.